The maximum atomic E-state index is 12.7. The summed E-state index contributed by atoms with van der Waals surface area (Å²) in [5, 5.41) is 3.01. The summed E-state index contributed by atoms with van der Waals surface area (Å²) in [4.78, 5) is 12.8. The van der Waals surface area contributed by atoms with Crippen molar-refractivity contribution >= 4 is 21.6 Å². The van der Waals surface area contributed by atoms with Crippen molar-refractivity contribution in [3.05, 3.63) is 120 Å². The maximum Gasteiger partial charge on any atom is 0.261 e. The van der Waals surface area contributed by atoms with E-state index in [0.717, 1.165) is 11.1 Å². The van der Waals surface area contributed by atoms with Crippen LogP contribution in [0.15, 0.2) is 114 Å². The van der Waals surface area contributed by atoms with Gasteiger partial charge in [-0.25, -0.2) is 8.42 Å². The molecule has 0 fully saturated rings. The van der Waals surface area contributed by atoms with E-state index < -0.39 is 10.0 Å². The Bertz CT molecular complexity index is 1350. The Morgan fingerprint density at radius 1 is 0.778 bits per heavy atom. The molecule has 0 saturated carbocycles. The zero-order valence-corrected chi connectivity index (χ0v) is 20.4. The van der Waals surface area contributed by atoms with E-state index in [1.807, 2.05) is 60.7 Å². The van der Waals surface area contributed by atoms with Crippen LogP contribution in [0.4, 0.5) is 5.69 Å². The Kier molecular flexibility index (Phi) is 7.87. The largest absolute Gasteiger partial charge is 0.497 e. The first kappa shape index (κ1) is 24.8. The molecular weight excluding hydrogens is 476 g/mol. The van der Waals surface area contributed by atoms with Crippen LogP contribution in [0.5, 0.6) is 11.5 Å². The lowest BCUT2D eigenvalue weighted by atomic mass is 9.99. The second-order valence-electron chi connectivity index (χ2n) is 7.92. The number of ether oxygens (including phenoxy) is 2. The summed E-state index contributed by atoms with van der Waals surface area (Å²) in [6.45, 7) is -0.218. The van der Waals surface area contributed by atoms with E-state index in [1.165, 1.54) is 31.4 Å². The van der Waals surface area contributed by atoms with Crippen molar-refractivity contribution in [3.63, 3.8) is 0 Å². The number of rotatable bonds is 10. The molecule has 0 aliphatic carbocycles. The number of carbonyl (C=O) groups is 1. The van der Waals surface area contributed by atoms with Crippen molar-refractivity contribution in [3.8, 4) is 11.5 Å². The molecule has 2 N–H and O–H groups in total. The molecule has 7 nitrogen and oxygen atoms in total. The Labute approximate surface area is 210 Å². The first-order chi connectivity index (χ1) is 17.4. The summed E-state index contributed by atoms with van der Waals surface area (Å²) in [5.41, 5.74) is 2.29. The van der Waals surface area contributed by atoms with Crippen molar-refractivity contribution in [2.75, 3.05) is 18.4 Å². The highest BCUT2D eigenvalue weighted by molar-refractivity contribution is 7.92. The van der Waals surface area contributed by atoms with Crippen LogP contribution in [0, 0.1) is 0 Å². The van der Waals surface area contributed by atoms with Gasteiger partial charge in [0.25, 0.3) is 15.9 Å². The predicted octanol–water partition coefficient (Wildman–Crippen LogP) is 4.78. The fourth-order valence-electron chi connectivity index (χ4n) is 3.62. The van der Waals surface area contributed by atoms with Gasteiger partial charge in [-0.1, -0.05) is 66.7 Å². The van der Waals surface area contributed by atoms with Gasteiger partial charge in [-0.2, -0.15) is 0 Å². The molecule has 0 aliphatic rings. The molecule has 1 amide bonds. The van der Waals surface area contributed by atoms with Gasteiger partial charge in [0.2, 0.25) is 0 Å². The molecule has 0 bridgehead atoms. The highest BCUT2D eigenvalue weighted by atomic mass is 32.2. The van der Waals surface area contributed by atoms with Crippen molar-refractivity contribution < 1.29 is 22.7 Å². The van der Waals surface area contributed by atoms with E-state index in [9.17, 15) is 13.2 Å². The first-order valence-corrected chi connectivity index (χ1v) is 12.7. The standard InChI is InChI=1S/C28H26N2O5S/c1-34-25-14-8-13-23(19-25)30-36(32,33)26-17-15-24(16-18-26)35-20-27(31)29-28(21-9-4-2-5-10-21)22-11-6-3-7-12-22/h2-19,28,30H,20H2,1H3,(H,29,31). The number of nitrogens with one attached hydrogen (secondary N) is 2. The van der Waals surface area contributed by atoms with Crippen LogP contribution in [-0.4, -0.2) is 28.0 Å². The smallest absolute Gasteiger partial charge is 0.261 e. The molecule has 184 valence electrons. The molecule has 8 heteroatoms. The topological polar surface area (TPSA) is 93.7 Å². The van der Waals surface area contributed by atoms with Gasteiger partial charge >= 0.3 is 0 Å². The van der Waals surface area contributed by atoms with E-state index in [2.05, 4.69) is 10.0 Å². The van der Waals surface area contributed by atoms with Crippen LogP contribution in [0.2, 0.25) is 0 Å². The zero-order valence-electron chi connectivity index (χ0n) is 19.6. The molecule has 4 aromatic rings. The van der Waals surface area contributed by atoms with E-state index in [-0.39, 0.29) is 23.5 Å². The van der Waals surface area contributed by atoms with Crippen LogP contribution >= 0.6 is 0 Å². The van der Waals surface area contributed by atoms with Crippen LogP contribution in [0.3, 0.4) is 0 Å². The molecule has 0 saturated heterocycles. The van der Waals surface area contributed by atoms with E-state index in [4.69, 9.17) is 9.47 Å². The summed E-state index contributed by atoms with van der Waals surface area (Å²) < 4.78 is 38.7. The second-order valence-corrected chi connectivity index (χ2v) is 9.60. The lowest BCUT2D eigenvalue weighted by molar-refractivity contribution is -0.123. The highest BCUT2D eigenvalue weighted by Gasteiger charge is 2.18. The van der Waals surface area contributed by atoms with Crippen molar-refractivity contribution in [2.24, 2.45) is 0 Å². The number of carbonyl (C=O) groups excluding carboxylic acids is 1. The quantitative estimate of drug-likeness (QED) is 0.326. The molecule has 0 radical (unpaired) electrons. The third kappa shape index (κ3) is 6.43. The van der Waals surface area contributed by atoms with Gasteiger partial charge in [-0.15, -0.1) is 0 Å². The van der Waals surface area contributed by atoms with E-state index in [1.54, 1.807) is 24.3 Å². The molecule has 0 spiro atoms. The molecule has 36 heavy (non-hydrogen) atoms. The molecule has 0 aliphatic heterocycles. The number of hydrogen-bond acceptors (Lipinski definition) is 5. The summed E-state index contributed by atoms with van der Waals surface area (Å²) in [6.07, 6.45) is 0. The van der Waals surface area contributed by atoms with Crippen LogP contribution in [-0.2, 0) is 14.8 Å². The number of benzene rings is 4. The number of anilines is 1. The second kappa shape index (κ2) is 11.4. The Hall–Kier alpha value is -4.30. The number of hydrogen-bond donors (Lipinski definition) is 2. The van der Waals surface area contributed by atoms with Crippen LogP contribution < -0.4 is 19.5 Å². The van der Waals surface area contributed by atoms with Crippen molar-refractivity contribution in [1.82, 2.24) is 5.32 Å². The normalized spacial score (nSPS) is 11.1. The predicted molar refractivity (Wildman–Crippen MR) is 139 cm³/mol. The monoisotopic (exact) mass is 502 g/mol. The minimum absolute atomic E-state index is 0.0651. The first-order valence-electron chi connectivity index (χ1n) is 11.2. The van der Waals surface area contributed by atoms with Crippen LogP contribution in [0.25, 0.3) is 0 Å². The average Bonchev–Trinajstić information content (AvgIpc) is 2.91. The zero-order chi connectivity index (χ0) is 25.4. The Morgan fingerprint density at radius 2 is 1.39 bits per heavy atom. The number of methoxy groups -OCH3 is 1. The van der Waals surface area contributed by atoms with Crippen LogP contribution in [0.1, 0.15) is 17.2 Å². The summed E-state index contributed by atoms with van der Waals surface area (Å²) in [6, 6.07) is 31.6. The summed E-state index contributed by atoms with van der Waals surface area (Å²) >= 11 is 0. The Morgan fingerprint density at radius 3 is 1.97 bits per heavy atom. The fourth-order valence-corrected chi connectivity index (χ4v) is 4.67. The Balaban J connectivity index is 1.38. The molecule has 4 aromatic carbocycles. The summed E-state index contributed by atoms with van der Waals surface area (Å²) in [5.74, 6) is 0.615. The van der Waals surface area contributed by atoms with Gasteiger partial charge in [0.15, 0.2) is 6.61 Å². The molecule has 0 atom stereocenters. The van der Waals surface area contributed by atoms with E-state index >= 15 is 0 Å². The SMILES string of the molecule is COc1cccc(NS(=O)(=O)c2ccc(OCC(=O)NC(c3ccccc3)c3ccccc3)cc2)c1. The third-order valence-electron chi connectivity index (χ3n) is 5.40. The van der Waals surface area contributed by atoms with Gasteiger partial charge in [-0.3, -0.25) is 9.52 Å². The third-order valence-corrected chi connectivity index (χ3v) is 6.79. The van der Waals surface area contributed by atoms with Gasteiger partial charge in [0.05, 0.1) is 23.7 Å². The molecule has 4 rings (SSSR count). The molecule has 0 aromatic heterocycles. The van der Waals surface area contributed by atoms with Gasteiger partial charge < -0.3 is 14.8 Å². The molecule has 0 heterocycles. The lowest BCUT2D eigenvalue weighted by Gasteiger charge is -2.20. The minimum atomic E-state index is -3.80. The van der Waals surface area contributed by atoms with Crippen molar-refractivity contribution in [2.45, 2.75) is 10.9 Å². The van der Waals surface area contributed by atoms with Gasteiger partial charge in [0, 0.05) is 6.07 Å². The van der Waals surface area contributed by atoms with Gasteiger partial charge in [-0.05, 0) is 47.5 Å². The van der Waals surface area contributed by atoms with Crippen molar-refractivity contribution in [1.29, 1.82) is 0 Å². The lowest BCUT2D eigenvalue weighted by Crippen LogP contribution is -2.33. The minimum Gasteiger partial charge on any atom is -0.497 e. The van der Waals surface area contributed by atoms with E-state index in [0.29, 0.717) is 17.2 Å². The number of amides is 1. The number of sulfonamides is 1. The van der Waals surface area contributed by atoms with Gasteiger partial charge in [0.1, 0.15) is 11.5 Å². The fraction of sp³-hybridized carbons (Fsp3) is 0.107. The maximum absolute atomic E-state index is 12.7. The molecular formula is C28H26N2O5S. The average molecular weight is 503 g/mol. The molecule has 0 unspecified atom stereocenters. The highest BCUT2D eigenvalue weighted by Crippen LogP contribution is 2.23. The summed E-state index contributed by atoms with van der Waals surface area (Å²) in [7, 11) is -2.29.